The number of hydrogen-bond donors (Lipinski definition) is 1. The van der Waals surface area contributed by atoms with Crippen LogP contribution in [0.15, 0.2) is 12.1 Å². The SMILES string of the molecule is CCc1c(CN)ccc(CC(=O)OC)c1C#N. The van der Waals surface area contributed by atoms with Gasteiger partial charge in [-0.05, 0) is 23.1 Å². The number of esters is 1. The number of carbonyl (C=O) groups excluding carboxylic acids is 1. The maximum absolute atomic E-state index is 11.2. The summed E-state index contributed by atoms with van der Waals surface area (Å²) in [4.78, 5) is 11.2. The normalized spacial score (nSPS) is 9.76. The van der Waals surface area contributed by atoms with Crippen LogP contribution in [0.25, 0.3) is 0 Å². The van der Waals surface area contributed by atoms with Crippen LogP contribution in [0.5, 0.6) is 0 Å². The number of rotatable bonds is 4. The van der Waals surface area contributed by atoms with Crippen LogP contribution < -0.4 is 5.73 Å². The molecule has 0 aliphatic rings. The minimum Gasteiger partial charge on any atom is -0.469 e. The predicted octanol–water partition coefficient (Wildman–Crippen LogP) is 1.29. The second-order valence-electron chi connectivity index (χ2n) is 3.66. The number of methoxy groups -OCH3 is 1. The van der Waals surface area contributed by atoms with Crippen molar-refractivity contribution in [1.29, 1.82) is 5.26 Å². The summed E-state index contributed by atoms with van der Waals surface area (Å²) < 4.78 is 4.61. The Bertz CT molecular complexity index is 461. The summed E-state index contributed by atoms with van der Waals surface area (Å²) in [6.07, 6.45) is 0.849. The van der Waals surface area contributed by atoms with Gasteiger partial charge in [-0.25, -0.2) is 0 Å². The molecule has 1 aromatic carbocycles. The molecule has 0 spiro atoms. The highest BCUT2D eigenvalue weighted by Gasteiger charge is 2.13. The van der Waals surface area contributed by atoms with Crippen molar-refractivity contribution in [2.75, 3.05) is 7.11 Å². The maximum atomic E-state index is 11.2. The highest BCUT2D eigenvalue weighted by Crippen LogP contribution is 2.20. The number of nitrogens with zero attached hydrogens (tertiary/aromatic N) is 1. The largest absolute Gasteiger partial charge is 0.469 e. The van der Waals surface area contributed by atoms with Crippen molar-refractivity contribution in [2.45, 2.75) is 26.3 Å². The average molecular weight is 232 g/mol. The molecule has 1 rings (SSSR count). The molecule has 17 heavy (non-hydrogen) atoms. The van der Waals surface area contributed by atoms with Gasteiger partial charge in [-0.15, -0.1) is 0 Å². The van der Waals surface area contributed by atoms with E-state index in [2.05, 4.69) is 10.8 Å². The molecule has 0 bridgehead atoms. The molecule has 0 aliphatic heterocycles. The fourth-order valence-electron chi connectivity index (χ4n) is 1.85. The Morgan fingerprint density at radius 1 is 1.47 bits per heavy atom. The van der Waals surface area contributed by atoms with E-state index < -0.39 is 0 Å². The first-order valence-electron chi connectivity index (χ1n) is 5.48. The van der Waals surface area contributed by atoms with Gasteiger partial charge in [-0.1, -0.05) is 19.1 Å². The van der Waals surface area contributed by atoms with Crippen LogP contribution in [0, 0.1) is 11.3 Å². The molecule has 0 saturated carbocycles. The highest BCUT2D eigenvalue weighted by molar-refractivity contribution is 5.74. The number of nitriles is 1. The molecular formula is C13H16N2O2. The van der Waals surface area contributed by atoms with E-state index in [0.717, 1.165) is 17.5 Å². The van der Waals surface area contributed by atoms with Gasteiger partial charge in [-0.3, -0.25) is 4.79 Å². The van der Waals surface area contributed by atoms with Crippen molar-refractivity contribution in [3.63, 3.8) is 0 Å². The summed E-state index contributed by atoms with van der Waals surface area (Å²) in [7, 11) is 1.34. The Labute approximate surface area is 101 Å². The molecule has 0 radical (unpaired) electrons. The standard InChI is InChI=1S/C13H16N2O2/c1-3-11-10(7-14)5-4-9(12(11)8-15)6-13(16)17-2/h4-5H,3,6-7,14H2,1-2H3. The van der Waals surface area contributed by atoms with Crippen molar-refractivity contribution in [3.8, 4) is 6.07 Å². The zero-order valence-corrected chi connectivity index (χ0v) is 10.1. The lowest BCUT2D eigenvalue weighted by Gasteiger charge is -2.11. The van der Waals surface area contributed by atoms with Gasteiger partial charge < -0.3 is 10.5 Å². The van der Waals surface area contributed by atoms with E-state index in [9.17, 15) is 10.1 Å². The number of benzene rings is 1. The Morgan fingerprint density at radius 3 is 2.59 bits per heavy atom. The molecular weight excluding hydrogens is 216 g/mol. The zero-order chi connectivity index (χ0) is 12.8. The molecule has 1 aromatic rings. The van der Waals surface area contributed by atoms with Gasteiger partial charge in [-0.2, -0.15) is 5.26 Å². The fraction of sp³-hybridized carbons (Fsp3) is 0.385. The van der Waals surface area contributed by atoms with Crippen molar-refractivity contribution in [3.05, 3.63) is 34.4 Å². The first-order chi connectivity index (χ1) is 8.17. The quantitative estimate of drug-likeness (QED) is 0.794. The van der Waals surface area contributed by atoms with Crippen LogP contribution in [0.1, 0.15) is 29.2 Å². The van der Waals surface area contributed by atoms with Crippen LogP contribution in [-0.4, -0.2) is 13.1 Å². The Hall–Kier alpha value is -1.86. The van der Waals surface area contributed by atoms with E-state index >= 15 is 0 Å². The Morgan fingerprint density at radius 2 is 2.12 bits per heavy atom. The number of nitrogens with two attached hydrogens (primary N) is 1. The zero-order valence-electron chi connectivity index (χ0n) is 10.1. The summed E-state index contributed by atoms with van der Waals surface area (Å²) in [6, 6.07) is 5.80. The molecule has 0 aliphatic carbocycles. The average Bonchev–Trinajstić information content (AvgIpc) is 2.37. The summed E-state index contributed by atoms with van der Waals surface area (Å²) >= 11 is 0. The number of ether oxygens (including phenoxy) is 1. The second kappa shape index (κ2) is 6.02. The topological polar surface area (TPSA) is 76.1 Å². The monoisotopic (exact) mass is 232 g/mol. The lowest BCUT2D eigenvalue weighted by Crippen LogP contribution is -2.10. The smallest absolute Gasteiger partial charge is 0.310 e. The van der Waals surface area contributed by atoms with Crippen molar-refractivity contribution >= 4 is 5.97 Å². The third kappa shape index (κ3) is 2.83. The van der Waals surface area contributed by atoms with Crippen molar-refractivity contribution in [1.82, 2.24) is 0 Å². The molecule has 0 heterocycles. The molecule has 0 amide bonds. The predicted molar refractivity (Wildman–Crippen MR) is 64.1 cm³/mol. The van der Waals surface area contributed by atoms with Gasteiger partial charge in [0.05, 0.1) is 25.2 Å². The van der Waals surface area contributed by atoms with E-state index in [0.29, 0.717) is 17.7 Å². The Kier molecular flexibility index (Phi) is 4.68. The van der Waals surface area contributed by atoms with Gasteiger partial charge in [0.15, 0.2) is 0 Å². The summed E-state index contributed by atoms with van der Waals surface area (Å²) in [5, 5.41) is 9.19. The maximum Gasteiger partial charge on any atom is 0.310 e. The van der Waals surface area contributed by atoms with E-state index in [-0.39, 0.29) is 12.4 Å². The van der Waals surface area contributed by atoms with Crippen LogP contribution in [-0.2, 0) is 28.9 Å². The minimum atomic E-state index is -0.343. The molecule has 0 aromatic heterocycles. The molecule has 4 nitrogen and oxygen atoms in total. The van der Waals surface area contributed by atoms with Crippen LogP contribution in [0.2, 0.25) is 0 Å². The Balaban J connectivity index is 3.24. The molecule has 0 atom stereocenters. The van der Waals surface area contributed by atoms with Gasteiger partial charge in [0.1, 0.15) is 0 Å². The van der Waals surface area contributed by atoms with E-state index in [1.807, 2.05) is 13.0 Å². The minimum absolute atomic E-state index is 0.122. The molecule has 2 N–H and O–H groups in total. The third-order valence-electron chi connectivity index (χ3n) is 2.74. The first-order valence-corrected chi connectivity index (χ1v) is 5.48. The van der Waals surface area contributed by atoms with Gasteiger partial charge in [0.25, 0.3) is 0 Å². The van der Waals surface area contributed by atoms with Gasteiger partial charge >= 0.3 is 5.97 Å². The number of hydrogen-bond acceptors (Lipinski definition) is 4. The second-order valence-corrected chi connectivity index (χ2v) is 3.66. The molecule has 4 heteroatoms. The van der Waals surface area contributed by atoms with Crippen LogP contribution in [0.3, 0.4) is 0 Å². The first kappa shape index (κ1) is 13.2. The molecule has 90 valence electrons. The fourth-order valence-corrected chi connectivity index (χ4v) is 1.85. The summed E-state index contributed by atoms with van der Waals surface area (Å²) in [5.74, 6) is -0.343. The highest BCUT2D eigenvalue weighted by atomic mass is 16.5. The molecule has 0 fully saturated rings. The van der Waals surface area contributed by atoms with E-state index in [4.69, 9.17) is 5.73 Å². The van der Waals surface area contributed by atoms with E-state index in [1.54, 1.807) is 6.07 Å². The lowest BCUT2D eigenvalue weighted by atomic mass is 9.93. The van der Waals surface area contributed by atoms with Gasteiger partial charge in [0.2, 0.25) is 0 Å². The summed E-state index contributed by atoms with van der Waals surface area (Å²) in [5.41, 5.74) is 8.77. The van der Waals surface area contributed by atoms with Crippen molar-refractivity contribution < 1.29 is 9.53 Å². The molecule has 0 unspecified atom stereocenters. The molecule has 0 saturated heterocycles. The van der Waals surface area contributed by atoms with Crippen LogP contribution >= 0.6 is 0 Å². The van der Waals surface area contributed by atoms with Crippen LogP contribution in [0.4, 0.5) is 0 Å². The van der Waals surface area contributed by atoms with Crippen molar-refractivity contribution in [2.24, 2.45) is 5.73 Å². The number of carbonyl (C=O) groups is 1. The summed E-state index contributed by atoms with van der Waals surface area (Å²) in [6.45, 7) is 2.37. The lowest BCUT2D eigenvalue weighted by molar-refractivity contribution is -0.139. The van der Waals surface area contributed by atoms with E-state index in [1.165, 1.54) is 7.11 Å². The third-order valence-corrected chi connectivity index (χ3v) is 2.74. The van der Waals surface area contributed by atoms with Gasteiger partial charge in [0, 0.05) is 6.54 Å².